The third-order valence-corrected chi connectivity index (χ3v) is 3.55. The zero-order valence-corrected chi connectivity index (χ0v) is 20.2. The van der Waals surface area contributed by atoms with Crippen LogP contribution in [-0.2, 0) is 33.5 Å². The zero-order chi connectivity index (χ0) is 26.5. The average molecular weight is 495 g/mol. The largest absolute Gasteiger partial charge is 0.466 e. The minimum atomic E-state index is -1.21. The van der Waals surface area contributed by atoms with E-state index in [1.165, 1.54) is 0 Å². The molecule has 34 heavy (non-hydrogen) atoms. The summed E-state index contributed by atoms with van der Waals surface area (Å²) in [7, 11) is 0. The van der Waals surface area contributed by atoms with Gasteiger partial charge in [0.25, 0.3) is 10.2 Å². The van der Waals surface area contributed by atoms with Crippen molar-refractivity contribution in [2.75, 3.05) is 13.2 Å². The first-order valence-corrected chi connectivity index (χ1v) is 10.4. The first-order chi connectivity index (χ1) is 15.5. The molecule has 0 aromatic carbocycles. The number of carbonyl (C=O) groups is 3. The SMILES string of the molecule is CC(C)(C)OC(=O)N[C@@H](CCC(=O)OCCCC(CO[N+](=O)[O-])O[N+](=O)[O-])C(=O)OC(C)(C)C. The number of amides is 1. The summed E-state index contributed by atoms with van der Waals surface area (Å²) in [6.07, 6.45) is -2.41. The number of rotatable bonds is 14. The molecule has 0 rings (SSSR count). The van der Waals surface area contributed by atoms with E-state index < -0.39 is 58.2 Å². The van der Waals surface area contributed by atoms with Crippen molar-refractivity contribution in [3.63, 3.8) is 0 Å². The Hall–Kier alpha value is -3.39. The fourth-order valence-electron chi connectivity index (χ4n) is 2.34. The van der Waals surface area contributed by atoms with Crippen molar-refractivity contribution in [2.45, 2.75) is 90.6 Å². The van der Waals surface area contributed by atoms with Crippen LogP contribution < -0.4 is 5.32 Å². The van der Waals surface area contributed by atoms with E-state index in [2.05, 4.69) is 15.0 Å². The van der Waals surface area contributed by atoms with E-state index in [9.17, 15) is 34.6 Å². The Morgan fingerprint density at radius 1 is 0.912 bits per heavy atom. The molecule has 196 valence electrons. The molecular formula is C19H33N3O12. The highest BCUT2D eigenvalue weighted by atomic mass is 17.0. The molecule has 0 aromatic heterocycles. The van der Waals surface area contributed by atoms with Gasteiger partial charge in [-0.05, 0) is 60.8 Å². The van der Waals surface area contributed by atoms with E-state index in [-0.39, 0.29) is 32.3 Å². The van der Waals surface area contributed by atoms with Crippen LogP contribution in [0.3, 0.4) is 0 Å². The van der Waals surface area contributed by atoms with Crippen LogP contribution in [0.2, 0.25) is 0 Å². The van der Waals surface area contributed by atoms with Gasteiger partial charge in [-0.1, -0.05) is 0 Å². The number of esters is 2. The van der Waals surface area contributed by atoms with Gasteiger partial charge in [0.2, 0.25) is 0 Å². The lowest BCUT2D eigenvalue weighted by molar-refractivity contribution is -0.790. The van der Waals surface area contributed by atoms with Crippen LogP contribution in [0.15, 0.2) is 0 Å². The van der Waals surface area contributed by atoms with Crippen LogP contribution in [0.25, 0.3) is 0 Å². The highest BCUT2D eigenvalue weighted by molar-refractivity contribution is 5.82. The molecule has 1 N–H and O–H groups in total. The fraction of sp³-hybridized carbons (Fsp3) is 0.842. The Kier molecular flexibility index (Phi) is 12.6. The van der Waals surface area contributed by atoms with Crippen LogP contribution in [-0.4, -0.2) is 64.8 Å². The van der Waals surface area contributed by atoms with Crippen molar-refractivity contribution in [2.24, 2.45) is 0 Å². The molecular weight excluding hydrogens is 462 g/mol. The molecule has 0 aliphatic heterocycles. The molecule has 0 aromatic rings. The second-order valence-corrected chi connectivity index (χ2v) is 9.10. The van der Waals surface area contributed by atoms with Crippen molar-refractivity contribution >= 4 is 18.0 Å². The highest BCUT2D eigenvalue weighted by Gasteiger charge is 2.29. The standard InChI is InChI=1S/C19H33N3O12/c1-18(2,3)32-16(24)14(20-17(25)33-19(4,5)6)9-10-15(23)30-11-7-8-13(34-22(28)29)12-31-21(26)27/h13-14H,7-12H2,1-6H3,(H,20,25)/t13?,14-/m0/s1. The van der Waals surface area contributed by atoms with Gasteiger partial charge >= 0.3 is 18.0 Å². The maximum atomic E-state index is 12.4. The Bertz CT molecular complexity index is 714. The van der Waals surface area contributed by atoms with Crippen molar-refractivity contribution in [3.05, 3.63) is 20.2 Å². The smallest absolute Gasteiger partial charge is 0.408 e. The van der Waals surface area contributed by atoms with E-state index in [1.807, 2.05) is 0 Å². The van der Waals surface area contributed by atoms with Gasteiger partial charge in [-0.3, -0.25) is 4.79 Å². The summed E-state index contributed by atoms with van der Waals surface area (Å²) in [5, 5.41) is 20.8. The average Bonchev–Trinajstić information content (AvgIpc) is 2.62. The molecule has 2 atom stereocenters. The summed E-state index contributed by atoms with van der Waals surface area (Å²) in [6.45, 7) is 9.08. The molecule has 0 saturated carbocycles. The topological polar surface area (TPSA) is 196 Å². The number of carbonyl (C=O) groups excluding carboxylic acids is 3. The minimum Gasteiger partial charge on any atom is -0.466 e. The van der Waals surface area contributed by atoms with Crippen molar-refractivity contribution in [3.8, 4) is 0 Å². The van der Waals surface area contributed by atoms with E-state index in [4.69, 9.17) is 14.2 Å². The first kappa shape index (κ1) is 30.6. The molecule has 0 saturated heterocycles. The molecule has 0 bridgehead atoms. The number of alkyl carbamates (subject to hydrolysis) is 1. The van der Waals surface area contributed by atoms with E-state index >= 15 is 0 Å². The Morgan fingerprint density at radius 3 is 2.00 bits per heavy atom. The summed E-state index contributed by atoms with van der Waals surface area (Å²) in [6, 6.07) is -1.17. The first-order valence-electron chi connectivity index (χ1n) is 10.4. The predicted molar refractivity (Wildman–Crippen MR) is 113 cm³/mol. The third kappa shape index (κ3) is 17.2. The molecule has 0 spiro atoms. The monoisotopic (exact) mass is 495 g/mol. The summed E-state index contributed by atoms with van der Waals surface area (Å²) < 4.78 is 15.4. The molecule has 1 unspecified atom stereocenters. The fourth-order valence-corrected chi connectivity index (χ4v) is 2.34. The maximum absolute atomic E-state index is 12.4. The molecule has 15 nitrogen and oxygen atoms in total. The van der Waals surface area contributed by atoms with Crippen LogP contribution in [0.1, 0.15) is 67.2 Å². The Balaban J connectivity index is 4.71. The molecule has 0 aliphatic rings. The number of hydrogen-bond acceptors (Lipinski definition) is 12. The van der Waals surface area contributed by atoms with Crippen molar-refractivity contribution < 1.29 is 48.4 Å². The van der Waals surface area contributed by atoms with Crippen LogP contribution in [0, 0.1) is 20.2 Å². The van der Waals surface area contributed by atoms with Gasteiger partial charge in [0, 0.05) is 6.42 Å². The maximum Gasteiger partial charge on any atom is 0.408 e. The van der Waals surface area contributed by atoms with Gasteiger partial charge in [0.15, 0.2) is 0 Å². The van der Waals surface area contributed by atoms with E-state index in [1.54, 1.807) is 41.5 Å². The molecule has 15 heteroatoms. The summed E-state index contributed by atoms with van der Waals surface area (Å²) in [5.74, 6) is -1.45. The predicted octanol–water partition coefficient (Wildman–Crippen LogP) is 2.11. The summed E-state index contributed by atoms with van der Waals surface area (Å²) in [5.41, 5.74) is -1.63. The highest BCUT2D eigenvalue weighted by Crippen LogP contribution is 2.13. The quantitative estimate of drug-likeness (QED) is 0.121. The number of nitrogens with one attached hydrogen (secondary N) is 1. The molecule has 0 heterocycles. The Labute approximate surface area is 196 Å². The van der Waals surface area contributed by atoms with Crippen molar-refractivity contribution in [1.82, 2.24) is 5.32 Å². The second-order valence-electron chi connectivity index (χ2n) is 9.10. The van der Waals surface area contributed by atoms with Crippen LogP contribution in [0.4, 0.5) is 4.79 Å². The zero-order valence-electron chi connectivity index (χ0n) is 20.2. The van der Waals surface area contributed by atoms with Crippen LogP contribution >= 0.6 is 0 Å². The van der Waals surface area contributed by atoms with Crippen molar-refractivity contribution in [1.29, 1.82) is 0 Å². The minimum absolute atomic E-state index is 0.0527. The van der Waals surface area contributed by atoms with Gasteiger partial charge in [-0.2, -0.15) is 0 Å². The van der Waals surface area contributed by atoms with Gasteiger partial charge < -0.3 is 29.2 Å². The third-order valence-electron chi connectivity index (χ3n) is 3.55. The van der Waals surface area contributed by atoms with Crippen LogP contribution in [0.5, 0.6) is 0 Å². The van der Waals surface area contributed by atoms with E-state index in [0.29, 0.717) is 0 Å². The summed E-state index contributed by atoms with van der Waals surface area (Å²) >= 11 is 0. The van der Waals surface area contributed by atoms with E-state index in [0.717, 1.165) is 0 Å². The van der Waals surface area contributed by atoms with Gasteiger partial charge in [-0.15, -0.1) is 20.2 Å². The lowest BCUT2D eigenvalue weighted by Crippen LogP contribution is -2.46. The molecule has 0 aliphatic carbocycles. The molecule has 0 fully saturated rings. The Morgan fingerprint density at radius 2 is 1.50 bits per heavy atom. The number of nitrogens with zero attached hydrogens (tertiary/aromatic N) is 2. The number of ether oxygens (including phenoxy) is 3. The van der Waals surface area contributed by atoms with Gasteiger partial charge in [-0.25, -0.2) is 9.59 Å². The second kappa shape index (κ2) is 14.0. The van der Waals surface area contributed by atoms with Gasteiger partial charge in [0.05, 0.1) is 6.61 Å². The lowest BCUT2D eigenvalue weighted by Gasteiger charge is -2.26. The van der Waals surface area contributed by atoms with Gasteiger partial charge in [0.1, 0.15) is 30.0 Å². The summed E-state index contributed by atoms with van der Waals surface area (Å²) in [4.78, 5) is 65.5. The molecule has 0 radical (unpaired) electrons. The normalized spacial score (nSPS) is 13.1. The lowest BCUT2D eigenvalue weighted by atomic mass is 10.1. The number of hydrogen-bond donors (Lipinski definition) is 1. The molecule has 1 amide bonds.